The lowest BCUT2D eigenvalue weighted by atomic mass is 10.1. The lowest BCUT2D eigenvalue weighted by Crippen LogP contribution is -2.48. The summed E-state index contributed by atoms with van der Waals surface area (Å²) >= 11 is 0. The highest BCUT2D eigenvalue weighted by Crippen LogP contribution is 2.36. The number of halogens is 5. The first-order chi connectivity index (χ1) is 8.63. The van der Waals surface area contributed by atoms with E-state index in [0.29, 0.717) is 5.56 Å². The molecule has 0 N–H and O–H groups in total. The lowest BCUT2D eigenvalue weighted by molar-refractivity contribution is -0.288. The van der Waals surface area contributed by atoms with E-state index in [4.69, 9.17) is 0 Å². The molecule has 0 fully saturated rings. The van der Waals surface area contributed by atoms with Gasteiger partial charge in [0.05, 0.1) is 6.54 Å². The van der Waals surface area contributed by atoms with E-state index in [-0.39, 0.29) is 6.54 Å². The van der Waals surface area contributed by atoms with Crippen LogP contribution in [0.3, 0.4) is 0 Å². The van der Waals surface area contributed by atoms with Crippen molar-refractivity contribution in [3.05, 3.63) is 35.9 Å². The molecular weight excluding hydrogens is 265 g/mol. The van der Waals surface area contributed by atoms with Crippen LogP contribution in [0, 0.1) is 0 Å². The summed E-state index contributed by atoms with van der Waals surface area (Å²) in [6.45, 7) is 1.91. The molecule has 0 aromatic heterocycles. The number of hydrogen-bond acceptors (Lipinski definition) is 1. The molecule has 0 saturated carbocycles. The van der Waals surface area contributed by atoms with Gasteiger partial charge in [0.15, 0.2) is 0 Å². The first kappa shape index (κ1) is 15.9. The summed E-state index contributed by atoms with van der Waals surface area (Å²) in [5, 5.41) is 0. The second-order valence-electron chi connectivity index (χ2n) is 4.69. The van der Waals surface area contributed by atoms with Gasteiger partial charge in [-0.1, -0.05) is 30.3 Å². The highest BCUT2D eigenvalue weighted by molar-refractivity contribution is 5.14. The van der Waals surface area contributed by atoms with Gasteiger partial charge in [0.25, 0.3) is 0 Å². The Kier molecular flexibility index (Phi) is 4.90. The van der Waals surface area contributed by atoms with Gasteiger partial charge in [-0.15, -0.1) is 0 Å². The van der Waals surface area contributed by atoms with Crippen molar-refractivity contribution in [2.75, 3.05) is 6.54 Å². The van der Waals surface area contributed by atoms with E-state index >= 15 is 0 Å². The largest absolute Gasteiger partial charge is 0.454 e. The van der Waals surface area contributed by atoms with Crippen LogP contribution >= 0.6 is 0 Å². The predicted molar refractivity (Wildman–Crippen MR) is 63.0 cm³/mol. The highest BCUT2D eigenvalue weighted by Gasteiger charge is 2.58. The van der Waals surface area contributed by atoms with E-state index < -0.39 is 24.7 Å². The smallest absolute Gasteiger partial charge is 0.290 e. The molecular formula is C13H16F5N. The molecule has 0 bridgehead atoms. The van der Waals surface area contributed by atoms with E-state index in [9.17, 15) is 22.0 Å². The van der Waals surface area contributed by atoms with Crippen LogP contribution in [0.15, 0.2) is 30.3 Å². The monoisotopic (exact) mass is 281 g/mol. The molecule has 6 heteroatoms. The normalized spacial score (nSPS) is 13.3. The van der Waals surface area contributed by atoms with Crippen LogP contribution in [0.5, 0.6) is 0 Å². The van der Waals surface area contributed by atoms with Crippen molar-refractivity contribution >= 4 is 0 Å². The van der Waals surface area contributed by atoms with E-state index in [0.717, 1.165) is 4.90 Å². The Morgan fingerprint density at radius 1 is 1.00 bits per heavy atom. The van der Waals surface area contributed by atoms with Gasteiger partial charge < -0.3 is 0 Å². The van der Waals surface area contributed by atoms with Gasteiger partial charge in [-0.2, -0.15) is 22.0 Å². The predicted octanol–water partition coefficient (Wildman–Crippen LogP) is 4.09. The zero-order valence-electron chi connectivity index (χ0n) is 10.7. The summed E-state index contributed by atoms with van der Waals surface area (Å²) in [4.78, 5) is 1.11. The van der Waals surface area contributed by atoms with Gasteiger partial charge >= 0.3 is 12.1 Å². The zero-order chi connectivity index (χ0) is 14.7. The zero-order valence-corrected chi connectivity index (χ0v) is 10.7. The summed E-state index contributed by atoms with van der Waals surface area (Å²) in [6.07, 6.45) is -5.52. The topological polar surface area (TPSA) is 3.24 Å². The van der Waals surface area contributed by atoms with Gasteiger partial charge in [-0.25, -0.2) is 0 Å². The van der Waals surface area contributed by atoms with Gasteiger partial charge in [-0.05, 0) is 19.4 Å². The van der Waals surface area contributed by atoms with Crippen molar-refractivity contribution in [1.82, 2.24) is 4.90 Å². The van der Waals surface area contributed by atoms with Crippen LogP contribution in [-0.4, -0.2) is 29.6 Å². The Labute approximate surface area is 109 Å². The summed E-state index contributed by atoms with van der Waals surface area (Å²) in [7, 11) is 0. The Morgan fingerprint density at radius 3 is 1.95 bits per heavy atom. The first-order valence-electron chi connectivity index (χ1n) is 5.86. The first-order valence-corrected chi connectivity index (χ1v) is 5.86. The Balaban J connectivity index is 2.80. The van der Waals surface area contributed by atoms with Crippen LogP contribution in [-0.2, 0) is 6.54 Å². The van der Waals surface area contributed by atoms with Crippen LogP contribution < -0.4 is 0 Å². The summed E-state index contributed by atoms with van der Waals surface area (Å²) < 4.78 is 62.8. The van der Waals surface area contributed by atoms with Gasteiger partial charge in [0, 0.05) is 12.6 Å². The fraction of sp³-hybridized carbons (Fsp3) is 0.538. The van der Waals surface area contributed by atoms with Crippen molar-refractivity contribution in [3.8, 4) is 0 Å². The standard InChI is InChI=1S/C13H16F5N/c1-10(2)19(8-11-6-4-3-5-7-11)9-12(14,15)13(16,17)18/h3-7,10H,8-9H2,1-2H3. The Morgan fingerprint density at radius 2 is 1.53 bits per heavy atom. The van der Waals surface area contributed by atoms with Gasteiger partial charge in [-0.3, -0.25) is 4.90 Å². The second kappa shape index (κ2) is 5.86. The summed E-state index contributed by atoms with van der Waals surface area (Å²) in [5.41, 5.74) is 0.703. The minimum absolute atomic E-state index is 0.0597. The number of alkyl halides is 5. The minimum Gasteiger partial charge on any atom is -0.290 e. The van der Waals surface area contributed by atoms with Crippen molar-refractivity contribution in [3.63, 3.8) is 0 Å². The van der Waals surface area contributed by atoms with E-state index in [1.807, 2.05) is 0 Å². The van der Waals surface area contributed by atoms with Crippen molar-refractivity contribution < 1.29 is 22.0 Å². The molecule has 1 nitrogen and oxygen atoms in total. The third-order valence-electron chi connectivity index (χ3n) is 2.78. The average Bonchev–Trinajstić information content (AvgIpc) is 2.27. The molecule has 19 heavy (non-hydrogen) atoms. The summed E-state index contributed by atoms with van der Waals surface area (Å²) in [6, 6.07) is 8.18. The molecule has 0 atom stereocenters. The number of hydrogen-bond donors (Lipinski definition) is 0. The molecule has 108 valence electrons. The molecule has 1 aromatic rings. The molecule has 1 aromatic carbocycles. The molecule has 0 aliphatic rings. The van der Waals surface area contributed by atoms with Gasteiger partial charge in [0.1, 0.15) is 0 Å². The third-order valence-corrected chi connectivity index (χ3v) is 2.78. The Hall–Kier alpha value is -1.17. The minimum atomic E-state index is -5.52. The highest BCUT2D eigenvalue weighted by atomic mass is 19.4. The maximum atomic E-state index is 13.1. The fourth-order valence-electron chi connectivity index (χ4n) is 1.58. The molecule has 0 radical (unpaired) electrons. The third kappa shape index (κ3) is 4.45. The number of rotatable bonds is 5. The molecule has 0 aliphatic carbocycles. The van der Waals surface area contributed by atoms with Crippen molar-refractivity contribution in [2.45, 2.75) is 38.5 Å². The lowest BCUT2D eigenvalue weighted by Gasteiger charge is -2.31. The maximum absolute atomic E-state index is 13.1. The second-order valence-corrected chi connectivity index (χ2v) is 4.69. The van der Waals surface area contributed by atoms with E-state index in [1.54, 1.807) is 44.2 Å². The molecule has 0 spiro atoms. The van der Waals surface area contributed by atoms with E-state index in [1.165, 1.54) is 0 Å². The van der Waals surface area contributed by atoms with Crippen molar-refractivity contribution in [2.24, 2.45) is 0 Å². The quantitative estimate of drug-likeness (QED) is 0.735. The van der Waals surface area contributed by atoms with Crippen molar-refractivity contribution in [1.29, 1.82) is 0 Å². The van der Waals surface area contributed by atoms with Crippen LogP contribution in [0.1, 0.15) is 19.4 Å². The average molecular weight is 281 g/mol. The molecule has 0 amide bonds. The molecule has 0 saturated heterocycles. The Bertz CT molecular complexity index is 386. The van der Waals surface area contributed by atoms with Gasteiger partial charge in [0.2, 0.25) is 0 Å². The van der Waals surface area contributed by atoms with Crippen LogP contribution in [0.25, 0.3) is 0 Å². The van der Waals surface area contributed by atoms with Crippen LogP contribution in [0.4, 0.5) is 22.0 Å². The van der Waals surface area contributed by atoms with Crippen LogP contribution in [0.2, 0.25) is 0 Å². The summed E-state index contributed by atoms with van der Waals surface area (Å²) in [5.74, 6) is -4.70. The molecule has 1 rings (SSSR count). The molecule has 0 aliphatic heterocycles. The molecule has 0 heterocycles. The van der Waals surface area contributed by atoms with E-state index in [2.05, 4.69) is 0 Å². The fourth-order valence-corrected chi connectivity index (χ4v) is 1.58. The maximum Gasteiger partial charge on any atom is 0.454 e. The SMILES string of the molecule is CC(C)N(Cc1ccccc1)CC(F)(F)C(F)(F)F. The number of benzene rings is 1. The molecule has 0 unspecified atom stereocenters. The number of nitrogens with zero attached hydrogens (tertiary/aromatic N) is 1.